The SMILES string of the molecule is Cc1nccc(C(=O)Nc2nc3ccccc3n2C(C)(C)C)n1. The second kappa shape index (κ2) is 5.46. The number of aromatic nitrogens is 4. The topological polar surface area (TPSA) is 72.7 Å². The lowest BCUT2D eigenvalue weighted by Gasteiger charge is -2.24. The third-order valence-electron chi connectivity index (χ3n) is 3.47. The third kappa shape index (κ3) is 2.92. The van der Waals surface area contributed by atoms with Gasteiger partial charge in [-0.3, -0.25) is 10.1 Å². The first-order valence-corrected chi connectivity index (χ1v) is 7.45. The minimum Gasteiger partial charge on any atom is -0.305 e. The van der Waals surface area contributed by atoms with Gasteiger partial charge in [-0.15, -0.1) is 0 Å². The highest BCUT2D eigenvalue weighted by Crippen LogP contribution is 2.28. The average molecular weight is 309 g/mol. The normalized spacial score (nSPS) is 11.7. The van der Waals surface area contributed by atoms with Crippen LogP contribution < -0.4 is 5.32 Å². The van der Waals surface area contributed by atoms with E-state index >= 15 is 0 Å². The predicted octanol–water partition coefficient (Wildman–Crippen LogP) is 3.14. The molecule has 0 saturated heterocycles. The van der Waals surface area contributed by atoms with Gasteiger partial charge in [0.05, 0.1) is 11.0 Å². The molecule has 23 heavy (non-hydrogen) atoms. The van der Waals surface area contributed by atoms with Crippen LogP contribution in [0.25, 0.3) is 11.0 Å². The van der Waals surface area contributed by atoms with E-state index in [4.69, 9.17) is 0 Å². The number of carbonyl (C=O) groups is 1. The van der Waals surface area contributed by atoms with Gasteiger partial charge in [-0.2, -0.15) is 0 Å². The molecular formula is C17H19N5O. The Balaban J connectivity index is 2.04. The highest BCUT2D eigenvalue weighted by Gasteiger charge is 2.23. The lowest BCUT2D eigenvalue weighted by atomic mass is 10.1. The zero-order valence-electron chi connectivity index (χ0n) is 13.7. The van der Waals surface area contributed by atoms with Gasteiger partial charge in [-0.1, -0.05) is 12.1 Å². The molecule has 0 aliphatic rings. The van der Waals surface area contributed by atoms with Gasteiger partial charge < -0.3 is 4.57 Å². The molecule has 0 spiro atoms. The van der Waals surface area contributed by atoms with E-state index < -0.39 is 0 Å². The molecule has 0 aliphatic heterocycles. The number of imidazole rings is 1. The molecule has 0 unspecified atom stereocenters. The standard InChI is InChI=1S/C17H19N5O/c1-11-18-10-9-13(19-11)15(23)21-16-20-12-7-5-6-8-14(12)22(16)17(2,3)4/h5-10H,1-4H3,(H,20,21,23). The maximum Gasteiger partial charge on any atom is 0.276 e. The van der Waals surface area contributed by atoms with E-state index in [2.05, 4.69) is 41.0 Å². The van der Waals surface area contributed by atoms with Crippen molar-refractivity contribution >= 4 is 22.9 Å². The van der Waals surface area contributed by atoms with Crippen molar-refractivity contribution in [1.29, 1.82) is 0 Å². The molecular weight excluding hydrogens is 290 g/mol. The highest BCUT2D eigenvalue weighted by atomic mass is 16.2. The molecule has 6 heteroatoms. The lowest BCUT2D eigenvalue weighted by molar-refractivity contribution is 0.102. The molecule has 118 valence electrons. The average Bonchev–Trinajstić information content (AvgIpc) is 2.84. The van der Waals surface area contributed by atoms with Crippen molar-refractivity contribution in [3.8, 4) is 0 Å². The summed E-state index contributed by atoms with van der Waals surface area (Å²) >= 11 is 0. The van der Waals surface area contributed by atoms with Gasteiger partial charge in [0.15, 0.2) is 0 Å². The molecule has 0 atom stereocenters. The highest BCUT2D eigenvalue weighted by molar-refractivity contribution is 6.02. The quantitative estimate of drug-likeness (QED) is 0.789. The first kappa shape index (κ1) is 15.1. The van der Waals surface area contributed by atoms with Crippen molar-refractivity contribution in [2.45, 2.75) is 33.2 Å². The van der Waals surface area contributed by atoms with Gasteiger partial charge in [0.1, 0.15) is 11.5 Å². The smallest absolute Gasteiger partial charge is 0.276 e. The van der Waals surface area contributed by atoms with Gasteiger partial charge in [-0.05, 0) is 45.9 Å². The number of nitrogens with zero attached hydrogens (tertiary/aromatic N) is 4. The number of amides is 1. The number of hydrogen-bond acceptors (Lipinski definition) is 4. The van der Waals surface area contributed by atoms with Crippen LogP contribution >= 0.6 is 0 Å². The minimum atomic E-state index is -0.295. The molecule has 0 saturated carbocycles. The maximum atomic E-state index is 12.5. The molecule has 0 radical (unpaired) electrons. The number of fused-ring (bicyclic) bond motifs is 1. The van der Waals surface area contributed by atoms with Gasteiger partial charge in [0.25, 0.3) is 5.91 Å². The Morgan fingerprint density at radius 1 is 1.13 bits per heavy atom. The van der Waals surface area contributed by atoms with E-state index in [-0.39, 0.29) is 11.4 Å². The summed E-state index contributed by atoms with van der Waals surface area (Å²) in [6.45, 7) is 7.98. The number of rotatable bonds is 2. The minimum absolute atomic E-state index is 0.222. The Bertz CT molecular complexity index is 876. The predicted molar refractivity (Wildman–Crippen MR) is 89.5 cm³/mol. The molecule has 1 N–H and O–H groups in total. The van der Waals surface area contributed by atoms with Crippen LogP contribution in [0.3, 0.4) is 0 Å². The molecule has 2 heterocycles. The molecule has 0 aliphatic carbocycles. The molecule has 3 aromatic rings. The van der Waals surface area contributed by atoms with Crippen LogP contribution in [0.1, 0.15) is 37.1 Å². The van der Waals surface area contributed by atoms with Crippen LogP contribution in [0.4, 0.5) is 5.95 Å². The summed E-state index contributed by atoms with van der Waals surface area (Å²) in [7, 11) is 0. The van der Waals surface area contributed by atoms with E-state index in [1.807, 2.05) is 28.8 Å². The second-order valence-corrected chi connectivity index (χ2v) is 6.37. The van der Waals surface area contributed by atoms with E-state index in [1.54, 1.807) is 19.2 Å². The number of benzene rings is 1. The van der Waals surface area contributed by atoms with Crippen LogP contribution in [0.2, 0.25) is 0 Å². The molecule has 1 aromatic carbocycles. The molecule has 0 bridgehead atoms. The Hall–Kier alpha value is -2.76. The lowest BCUT2D eigenvalue weighted by Crippen LogP contribution is -2.26. The zero-order valence-corrected chi connectivity index (χ0v) is 13.7. The zero-order chi connectivity index (χ0) is 16.6. The van der Waals surface area contributed by atoms with E-state index in [9.17, 15) is 4.79 Å². The van der Waals surface area contributed by atoms with Crippen LogP contribution in [0, 0.1) is 6.92 Å². The number of para-hydroxylation sites is 2. The third-order valence-corrected chi connectivity index (χ3v) is 3.47. The first-order valence-electron chi connectivity index (χ1n) is 7.45. The van der Waals surface area contributed by atoms with Crippen molar-refractivity contribution in [2.75, 3.05) is 5.32 Å². The Kier molecular flexibility index (Phi) is 3.60. The van der Waals surface area contributed by atoms with Crippen molar-refractivity contribution in [3.05, 3.63) is 48.0 Å². The second-order valence-electron chi connectivity index (χ2n) is 6.37. The maximum absolute atomic E-state index is 12.5. The van der Waals surface area contributed by atoms with Gasteiger partial charge in [0.2, 0.25) is 5.95 Å². The van der Waals surface area contributed by atoms with E-state index in [0.29, 0.717) is 17.5 Å². The van der Waals surface area contributed by atoms with Crippen LogP contribution in [0.15, 0.2) is 36.5 Å². The molecule has 2 aromatic heterocycles. The van der Waals surface area contributed by atoms with Crippen molar-refractivity contribution < 1.29 is 4.79 Å². The summed E-state index contributed by atoms with van der Waals surface area (Å²) in [5, 5.41) is 2.87. The summed E-state index contributed by atoms with van der Waals surface area (Å²) in [6, 6.07) is 9.42. The largest absolute Gasteiger partial charge is 0.305 e. The number of aryl methyl sites for hydroxylation is 1. The summed E-state index contributed by atoms with van der Waals surface area (Å²) in [6.07, 6.45) is 1.57. The molecule has 0 fully saturated rings. The summed E-state index contributed by atoms with van der Waals surface area (Å²) < 4.78 is 2.02. The van der Waals surface area contributed by atoms with Gasteiger partial charge in [0, 0.05) is 11.7 Å². The van der Waals surface area contributed by atoms with Crippen molar-refractivity contribution in [1.82, 2.24) is 19.5 Å². The van der Waals surface area contributed by atoms with Gasteiger partial charge >= 0.3 is 0 Å². The van der Waals surface area contributed by atoms with Crippen molar-refractivity contribution in [2.24, 2.45) is 0 Å². The van der Waals surface area contributed by atoms with Crippen LogP contribution in [-0.2, 0) is 5.54 Å². The first-order chi connectivity index (χ1) is 10.9. The van der Waals surface area contributed by atoms with Crippen LogP contribution in [0.5, 0.6) is 0 Å². The van der Waals surface area contributed by atoms with Crippen LogP contribution in [-0.4, -0.2) is 25.4 Å². The summed E-state index contributed by atoms with van der Waals surface area (Å²) in [5.41, 5.74) is 1.93. The summed E-state index contributed by atoms with van der Waals surface area (Å²) in [4.78, 5) is 25.2. The van der Waals surface area contributed by atoms with E-state index in [1.165, 1.54) is 0 Å². The fourth-order valence-electron chi connectivity index (χ4n) is 2.54. The van der Waals surface area contributed by atoms with Crippen molar-refractivity contribution in [3.63, 3.8) is 0 Å². The number of nitrogens with one attached hydrogen (secondary N) is 1. The Labute approximate surface area is 134 Å². The van der Waals surface area contributed by atoms with Gasteiger partial charge in [-0.25, -0.2) is 15.0 Å². The monoisotopic (exact) mass is 309 g/mol. The number of hydrogen-bond donors (Lipinski definition) is 1. The Morgan fingerprint density at radius 3 is 2.57 bits per heavy atom. The molecule has 1 amide bonds. The Morgan fingerprint density at radius 2 is 1.87 bits per heavy atom. The number of carbonyl (C=O) groups excluding carboxylic acids is 1. The number of anilines is 1. The molecule has 3 rings (SSSR count). The fraction of sp³-hybridized carbons (Fsp3) is 0.294. The fourth-order valence-corrected chi connectivity index (χ4v) is 2.54. The summed E-state index contributed by atoms with van der Waals surface area (Å²) in [5.74, 6) is 0.776. The molecule has 6 nitrogen and oxygen atoms in total. The van der Waals surface area contributed by atoms with E-state index in [0.717, 1.165) is 11.0 Å².